The second-order valence-electron chi connectivity index (χ2n) is 4.12. The fourth-order valence-corrected chi connectivity index (χ4v) is 2.64. The van der Waals surface area contributed by atoms with Crippen molar-refractivity contribution in [3.63, 3.8) is 0 Å². The highest BCUT2D eigenvalue weighted by Crippen LogP contribution is 2.33. The summed E-state index contributed by atoms with van der Waals surface area (Å²) in [5.41, 5.74) is -0.445. The van der Waals surface area contributed by atoms with Crippen LogP contribution in [0.1, 0.15) is 18.3 Å². The molecule has 0 aliphatic heterocycles. The van der Waals surface area contributed by atoms with E-state index in [-0.39, 0.29) is 5.82 Å². The van der Waals surface area contributed by atoms with Crippen molar-refractivity contribution in [2.75, 3.05) is 0 Å². The first-order valence-corrected chi connectivity index (χ1v) is 6.73. The third kappa shape index (κ3) is 2.05. The standard InChI is InChI=1S/C12H9F3N4S/c1-2-7-5-9(12(13,14)15)19(18-7)10-8-3-4-20-11(8)17-6-16-10/h3-6H,2H2,1H3. The maximum Gasteiger partial charge on any atom is 0.433 e. The minimum atomic E-state index is -4.48. The van der Waals surface area contributed by atoms with Crippen molar-refractivity contribution in [3.8, 4) is 5.82 Å². The molecule has 0 saturated carbocycles. The van der Waals surface area contributed by atoms with Gasteiger partial charge in [-0.15, -0.1) is 11.3 Å². The molecule has 0 N–H and O–H groups in total. The second-order valence-corrected chi connectivity index (χ2v) is 5.02. The van der Waals surface area contributed by atoms with Crippen LogP contribution >= 0.6 is 11.3 Å². The molecule has 3 aromatic heterocycles. The summed E-state index contributed by atoms with van der Waals surface area (Å²) in [4.78, 5) is 8.63. The van der Waals surface area contributed by atoms with E-state index in [1.807, 2.05) is 0 Å². The van der Waals surface area contributed by atoms with Crippen LogP contribution in [0.3, 0.4) is 0 Å². The molecule has 0 fully saturated rings. The molecule has 0 spiro atoms. The number of hydrogen-bond donors (Lipinski definition) is 0. The summed E-state index contributed by atoms with van der Waals surface area (Å²) in [5.74, 6) is 0.156. The Hall–Kier alpha value is -1.96. The predicted molar refractivity (Wildman–Crippen MR) is 68.9 cm³/mol. The molecule has 0 saturated heterocycles. The number of nitrogens with zero attached hydrogens (tertiary/aromatic N) is 4. The third-order valence-electron chi connectivity index (χ3n) is 2.85. The van der Waals surface area contributed by atoms with Crippen LogP contribution < -0.4 is 0 Å². The summed E-state index contributed by atoms with van der Waals surface area (Å²) in [7, 11) is 0. The van der Waals surface area contributed by atoms with Crippen molar-refractivity contribution < 1.29 is 13.2 Å². The normalized spacial score (nSPS) is 12.2. The molecular weight excluding hydrogens is 289 g/mol. The lowest BCUT2D eigenvalue weighted by Crippen LogP contribution is -2.14. The van der Waals surface area contributed by atoms with Gasteiger partial charge in [0.15, 0.2) is 5.82 Å². The van der Waals surface area contributed by atoms with Crippen molar-refractivity contribution in [3.05, 3.63) is 35.2 Å². The summed E-state index contributed by atoms with van der Waals surface area (Å²) in [6, 6.07) is 2.75. The van der Waals surface area contributed by atoms with Crippen LogP contribution in [0.5, 0.6) is 0 Å². The van der Waals surface area contributed by atoms with E-state index >= 15 is 0 Å². The van der Waals surface area contributed by atoms with Crippen molar-refractivity contribution in [1.82, 2.24) is 19.7 Å². The van der Waals surface area contributed by atoms with Crippen molar-refractivity contribution >= 4 is 21.6 Å². The van der Waals surface area contributed by atoms with Gasteiger partial charge in [-0.1, -0.05) is 6.92 Å². The van der Waals surface area contributed by atoms with Gasteiger partial charge in [0.2, 0.25) is 0 Å². The summed E-state index contributed by atoms with van der Waals surface area (Å²) in [5, 5.41) is 6.33. The van der Waals surface area contributed by atoms with Crippen molar-refractivity contribution in [2.24, 2.45) is 0 Å². The van der Waals surface area contributed by atoms with Crippen molar-refractivity contribution in [1.29, 1.82) is 0 Å². The van der Waals surface area contributed by atoms with Crippen LogP contribution in [0.15, 0.2) is 23.8 Å². The van der Waals surface area contributed by atoms with Gasteiger partial charge >= 0.3 is 6.18 Å². The Kier molecular flexibility index (Phi) is 2.97. The van der Waals surface area contributed by atoms with Gasteiger partial charge in [-0.05, 0) is 23.9 Å². The molecule has 20 heavy (non-hydrogen) atoms. The Labute approximate surface area is 115 Å². The minimum absolute atomic E-state index is 0.156. The molecule has 0 atom stereocenters. The van der Waals surface area contributed by atoms with E-state index in [0.29, 0.717) is 22.3 Å². The number of rotatable bonds is 2. The number of halogens is 3. The van der Waals surface area contributed by atoms with E-state index in [1.54, 1.807) is 18.4 Å². The molecule has 0 bridgehead atoms. The van der Waals surface area contributed by atoms with E-state index in [0.717, 1.165) is 10.7 Å². The van der Waals surface area contributed by atoms with Gasteiger partial charge in [0, 0.05) is 0 Å². The van der Waals surface area contributed by atoms with Gasteiger partial charge in [0.05, 0.1) is 11.1 Å². The highest BCUT2D eigenvalue weighted by atomic mass is 32.1. The molecule has 0 aliphatic rings. The second kappa shape index (κ2) is 4.55. The zero-order valence-corrected chi connectivity index (χ0v) is 11.2. The lowest BCUT2D eigenvalue weighted by molar-refractivity contribution is -0.142. The van der Waals surface area contributed by atoms with Gasteiger partial charge in [0.1, 0.15) is 16.9 Å². The first kappa shape index (κ1) is 13.0. The van der Waals surface area contributed by atoms with Gasteiger partial charge < -0.3 is 0 Å². The van der Waals surface area contributed by atoms with Crippen LogP contribution in [-0.2, 0) is 12.6 Å². The first-order valence-electron chi connectivity index (χ1n) is 5.85. The van der Waals surface area contributed by atoms with Crippen LogP contribution in [0, 0.1) is 0 Å². The molecule has 4 nitrogen and oxygen atoms in total. The van der Waals surface area contributed by atoms with E-state index in [9.17, 15) is 13.2 Å². The Morgan fingerprint density at radius 1 is 1.30 bits per heavy atom. The molecule has 8 heteroatoms. The van der Waals surface area contributed by atoms with Gasteiger partial charge in [0.25, 0.3) is 0 Å². The summed E-state index contributed by atoms with van der Waals surface area (Å²) >= 11 is 1.35. The topological polar surface area (TPSA) is 43.6 Å². The Morgan fingerprint density at radius 3 is 2.80 bits per heavy atom. The fraction of sp³-hybridized carbons (Fsp3) is 0.250. The smallest absolute Gasteiger partial charge is 0.225 e. The van der Waals surface area contributed by atoms with Crippen LogP contribution in [0.4, 0.5) is 13.2 Å². The summed E-state index contributed by atoms with van der Waals surface area (Å²) in [6.07, 6.45) is -2.80. The van der Waals surface area contributed by atoms with Crippen LogP contribution in [-0.4, -0.2) is 19.7 Å². The molecule has 0 aliphatic carbocycles. The lowest BCUT2D eigenvalue weighted by atomic mass is 10.3. The predicted octanol–water partition coefficient (Wildman–Crippen LogP) is 3.46. The SMILES string of the molecule is CCc1cc(C(F)(F)F)n(-c2ncnc3sccc23)n1. The zero-order valence-electron chi connectivity index (χ0n) is 10.3. The summed E-state index contributed by atoms with van der Waals surface area (Å²) < 4.78 is 40.2. The lowest BCUT2D eigenvalue weighted by Gasteiger charge is -2.09. The number of alkyl halides is 3. The average Bonchev–Trinajstić information content (AvgIpc) is 3.03. The van der Waals surface area contributed by atoms with Gasteiger partial charge in [-0.3, -0.25) is 0 Å². The van der Waals surface area contributed by atoms with Gasteiger partial charge in [-0.2, -0.15) is 18.3 Å². The van der Waals surface area contributed by atoms with E-state index < -0.39 is 11.9 Å². The average molecular weight is 298 g/mol. The van der Waals surface area contributed by atoms with Crippen LogP contribution in [0.25, 0.3) is 16.0 Å². The molecule has 0 radical (unpaired) electrons. The Bertz CT molecular complexity index is 759. The molecule has 0 unspecified atom stereocenters. The molecule has 104 valence electrons. The molecule has 3 aromatic rings. The fourth-order valence-electron chi connectivity index (χ4n) is 1.91. The quantitative estimate of drug-likeness (QED) is 0.727. The van der Waals surface area contributed by atoms with Crippen LogP contribution in [0.2, 0.25) is 0 Å². The maximum absolute atomic E-state index is 13.1. The molecular formula is C12H9F3N4S. The Morgan fingerprint density at radius 2 is 2.10 bits per heavy atom. The molecule has 3 rings (SSSR count). The summed E-state index contributed by atoms with van der Waals surface area (Å²) in [6.45, 7) is 1.76. The molecule has 0 aromatic carbocycles. The minimum Gasteiger partial charge on any atom is -0.225 e. The highest BCUT2D eigenvalue weighted by Gasteiger charge is 2.36. The van der Waals surface area contributed by atoms with Gasteiger partial charge in [-0.25, -0.2) is 14.6 Å². The first-order chi connectivity index (χ1) is 9.50. The monoisotopic (exact) mass is 298 g/mol. The number of thiophene rings is 1. The maximum atomic E-state index is 13.1. The van der Waals surface area contributed by atoms with Crippen molar-refractivity contribution in [2.45, 2.75) is 19.5 Å². The largest absolute Gasteiger partial charge is 0.433 e. The number of fused-ring (bicyclic) bond motifs is 1. The van der Waals surface area contributed by atoms with E-state index in [2.05, 4.69) is 15.1 Å². The van der Waals surface area contributed by atoms with E-state index in [4.69, 9.17) is 0 Å². The molecule has 0 amide bonds. The number of aromatic nitrogens is 4. The zero-order chi connectivity index (χ0) is 14.3. The Balaban J connectivity index is 2.28. The van der Waals surface area contributed by atoms with E-state index in [1.165, 1.54) is 17.7 Å². The highest BCUT2D eigenvalue weighted by molar-refractivity contribution is 7.16. The third-order valence-corrected chi connectivity index (χ3v) is 3.67. The molecule has 3 heterocycles. The number of hydrogen-bond acceptors (Lipinski definition) is 4. The number of aryl methyl sites for hydroxylation is 1.